The summed E-state index contributed by atoms with van der Waals surface area (Å²) in [4.78, 5) is 4.03. The lowest BCUT2D eigenvalue weighted by atomic mass is 10.3. The molecule has 0 aliphatic rings. The van der Waals surface area contributed by atoms with Gasteiger partial charge in [-0.3, -0.25) is 0 Å². The number of nitrogen functional groups attached to an aromatic ring is 1. The summed E-state index contributed by atoms with van der Waals surface area (Å²) in [6, 6.07) is 3.77. The highest BCUT2D eigenvalue weighted by atomic mass is 32.2. The van der Waals surface area contributed by atoms with E-state index in [2.05, 4.69) is 4.98 Å². The molecule has 0 aliphatic heterocycles. The molecule has 0 saturated carbocycles. The van der Waals surface area contributed by atoms with Crippen molar-refractivity contribution < 1.29 is 12.8 Å². The van der Waals surface area contributed by atoms with Crippen molar-refractivity contribution in [2.75, 3.05) is 17.7 Å². The summed E-state index contributed by atoms with van der Waals surface area (Å²) in [6.07, 6.45) is 1.17. The van der Waals surface area contributed by atoms with E-state index in [1.807, 2.05) is 0 Å². The Morgan fingerprint density at radius 2 is 2.17 bits per heavy atom. The van der Waals surface area contributed by atoms with Gasteiger partial charge >= 0.3 is 0 Å². The smallest absolute Gasteiger partial charge is 0.201 e. The molecule has 2 rings (SSSR count). The van der Waals surface area contributed by atoms with Gasteiger partial charge in [0.2, 0.25) is 5.95 Å². The van der Waals surface area contributed by atoms with Crippen LogP contribution in [0.25, 0.3) is 11.0 Å². The predicted octanol–water partition coefficient (Wildman–Crippen LogP) is 1.36. The second-order valence-electron chi connectivity index (χ2n) is 4.41. The summed E-state index contributed by atoms with van der Waals surface area (Å²) in [5.74, 6) is -0.255. The fourth-order valence-electron chi connectivity index (χ4n) is 2.07. The van der Waals surface area contributed by atoms with Crippen LogP contribution in [0.4, 0.5) is 10.3 Å². The maximum Gasteiger partial charge on any atom is 0.201 e. The Hall–Kier alpha value is -1.63. The minimum atomic E-state index is -3.12. The van der Waals surface area contributed by atoms with Gasteiger partial charge in [0.25, 0.3) is 0 Å². The fraction of sp³-hybridized carbons (Fsp3) is 0.364. The van der Waals surface area contributed by atoms with E-state index < -0.39 is 15.7 Å². The molecule has 1 unspecified atom stereocenters. The van der Waals surface area contributed by atoms with E-state index in [0.717, 1.165) is 0 Å². The summed E-state index contributed by atoms with van der Waals surface area (Å²) >= 11 is 0. The molecule has 2 N–H and O–H groups in total. The highest BCUT2D eigenvalue weighted by Crippen LogP contribution is 2.24. The van der Waals surface area contributed by atoms with Crippen molar-refractivity contribution in [3.63, 3.8) is 0 Å². The van der Waals surface area contributed by atoms with Crippen LogP contribution in [-0.2, 0) is 9.84 Å². The molecule has 0 saturated heterocycles. The Morgan fingerprint density at radius 3 is 2.78 bits per heavy atom. The Morgan fingerprint density at radius 1 is 1.50 bits per heavy atom. The average Bonchev–Trinajstić information content (AvgIpc) is 2.50. The molecule has 18 heavy (non-hydrogen) atoms. The number of anilines is 1. The van der Waals surface area contributed by atoms with E-state index >= 15 is 0 Å². The van der Waals surface area contributed by atoms with Gasteiger partial charge in [-0.2, -0.15) is 0 Å². The molecule has 0 fully saturated rings. The van der Waals surface area contributed by atoms with Gasteiger partial charge in [-0.1, -0.05) is 0 Å². The number of nitrogens with zero attached hydrogens (tertiary/aromatic N) is 2. The van der Waals surface area contributed by atoms with Crippen LogP contribution in [-0.4, -0.2) is 30.0 Å². The number of nitrogens with two attached hydrogens (primary N) is 1. The number of halogens is 1. The number of hydrogen-bond donors (Lipinski definition) is 1. The second-order valence-corrected chi connectivity index (χ2v) is 6.60. The van der Waals surface area contributed by atoms with Crippen LogP contribution in [0, 0.1) is 5.82 Å². The summed E-state index contributed by atoms with van der Waals surface area (Å²) < 4.78 is 37.3. The Labute approximate surface area is 104 Å². The fourth-order valence-corrected chi connectivity index (χ4v) is 3.09. The summed E-state index contributed by atoms with van der Waals surface area (Å²) in [6.45, 7) is 1.74. The van der Waals surface area contributed by atoms with Gasteiger partial charge in [-0.15, -0.1) is 0 Å². The maximum absolute atomic E-state index is 13.1. The van der Waals surface area contributed by atoms with Crippen LogP contribution in [0.1, 0.15) is 13.0 Å². The zero-order valence-electron chi connectivity index (χ0n) is 10.1. The van der Waals surface area contributed by atoms with Crippen molar-refractivity contribution in [1.29, 1.82) is 0 Å². The normalized spacial score (nSPS) is 13.9. The monoisotopic (exact) mass is 271 g/mol. The number of imidazole rings is 1. The van der Waals surface area contributed by atoms with Crippen molar-refractivity contribution in [3.8, 4) is 0 Å². The van der Waals surface area contributed by atoms with Gasteiger partial charge in [0.15, 0.2) is 0 Å². The van der Waals surface area contributed by atoms with Crippen LogP contribution in [0.15, 0.2) is 18.2 Å². The third-order valence-corrected chi connectivity index (χ3v) is 3.75. The molecule has 0 aliphatic carbocycles. The van der Waals surface area contributed by atoms with E-state index in [1.165, 1.54) is 18.4 Å². The van der Waals surface area contributed by atoms with Crippen LogP contribution >= 0.6 is 0 Å². The first kappa shape index (κ1) is 12.8. The molecule has 98 valence electrons. The van der Waals surface area contributed by atoms with Crippen molar-refractivity contribution in [2.24, 2.45) is 0 Å². The van der Waals surface area contributed by atoms with Gasteiger partial charge in [0.05, 0.1) is 16.8 Å². The lowest BCUT2D eigenvalue weighted by molar-refractivity contribution is 0.571. The van der Waals surface area contributed by atoms with Crippen LogP contribution in [0.2, 0.25) is 0 Å². The number of hydrogen-bond acceptors (Lipinski definition) is 4. The molecule has 0 radical (unpaired) electrons. The van der Waals surface area contributed by atoms with Crippen molar-refractivity contribution in [2.45, 2.75) is 13.0 Å². The summed E-state index contributed by atoms with van der Waals surface area (Å²) in [7, 11) is -3.12. The van der Waals surface area contributed by atoms with Gasteiger partial charge in [-0.25, -0.2) is 17.8 Å². The molecule has 1 aromatic carbocycles. The molecule has 1 heterocycles. The third kappa shape index (κ3) is 2.45. The van der Waals surface area contributed by atoms with Gasteiger partial charge in [0.1, 0.15) is 15.7 Å². The Balaban J connectivity index is 2.53. The molecule has 0 bridgehead atoms. The summed E-state index contributed by atoms with van der Waals surface area (Å²) in [5.41, 5.74) is 6.81. The van der Waals surface area contributed by atoms with Crippen LogP contribution in [0.5, 0.6) is 0 Å². The average molecular weight is 271 g/mol. The number of fused-ring (bicyclic) bond motifs is 1. The highest BCUT2D eigenvalue weighted by molar-refractivity contribution is 7.90. The van der Waals surface area contributed by atoms with Crippen LogP contribution in [0.3, 0.4) is 0 Å². The quantitative estimate of drug-likeness (QED) is 0.914. The molecule has 2 aromatic rings. The van der Waals surface area contributed by atoms with E-state index in [-0.39, 0.29) is 17.7 Å². The van der Waals surface area contributed by atoms with Gasteiger partial charge in [0, 0.05) is 18.4 Å². The standard InChI is InChI=1S/C11H14FN3O2S/c1-7(6-18(2,16)17)15-10-4-3-8(12)5-9(10)14-11(15)13/h3-5,7H,6H2,1-2H3,(H2,13,14). The topological polar surface area (TPSA) is 78.0 Å². The number of benzene rings is 1. The molecular formula is C11H14FN3O2S. The lowest BCUT2D eigenvalue weighted by Crippen LogP contribution is -2.18. The van der Waals surface area contributed by atoms with Crippen molar-refractivity contribution in [1.82, 2.24) is 9.55 Å². The SMILES string of the molecule is CC(CS(C)(=O)=O)n1c(N)nc2cc(F)ccc21. The van der Waals surface area contributed by atoms with Crippen LogP contribution < -0.4 is 5.73 Å². The van der Waals surface area contributed by atoms with Gasteiger partial charge in [-0.05, 0) is 19.1 Å². The van der Waals surface area contributed by atoms with Crippen molar-refractivity contribution >= 4 is 26.8 Å². The largest absolute Gasteiger partial charge is 0.369 e. The Bertz CT molecular complexity index is 694. The van der Waals surface area contributed by atoms with Gasteiger partial charge < -0.3 is 10.3 Å². The molecular weight excluding hydrogens is 257 g/mol. The first-order valence-corrected chi connectivity index (χ1v) is 7.44. The molecule has 0 spiro atoms. The molecule has 5 nitrogen and oxygen atoms in total. The zero-order valence-corrected chi connectivity index (χ0v) is 10.9. The first-order chi connectivity index (χ1) is 8.28. The molecule has 1 aromatic heterocycles. The number of rotatable bonds is 3. The molecule has 0 amide bonds. The first-order valence-electron chi connectivity index (χ1n) is 5.38. The van der Waals surface area contributed by atoms with E-state index in [0.29, 0.717) is 11.0 Å². The van der Waals surface area contributed by atoms with E-state index in [4.69, 9.17) is 5.73 Å². The number of sulfone groups is 1. The maximum atomic E-state index is 13.1. The zero-order chi connectivity index (χ0) is 13.5. The van der Waals surface area contributed by atoms with Crippen molar-refractivity contribution in [3.05, 3.63) is 24.0 Å². The molecule has 7 heteroatoms. The second kappa shape index (κ2) is 4.24. The lowest BCUT2D eigenvalue weighted by Gasteiger charge is -2.14. The minimum Gasteiger partial charge on any atom is -0.369 e. The molecule has 1 atom stereocenters. The number of aromatic nitrogens is 2. The van der Waals surface area contributed by atoms with E-state index in [1.54, 1.807) is 17.6 Å². The van der Waals surface area contributed by atoms with E-state index in [9.17, 15) is 12.8 Å². The summed E-state index contributed by atoms with van der Waals surface area (Å²) in [5, 5.41) is 0. The Kier molecular flexibility index (Phi) is 3.02. The minimum absolute atomic E-state index is 0.0416. The third-order valence-electron chi connectivity index (χ3n) is 2.66. The predicted molar refractivity (Wildman–Crippen MR) is 68.5 cm³/mol. The highest BCUT2D eigenvalue weighted by Gasteiger charge is 2.18.